The van der Waals surface area contributed by atoms with E-state index in [1.165, 1.54) is 17.7 Å². The van der Waals surface area contributed by atoms with Crippen LogP contribution in [-0.4, -0.2) is 44.7 Å². The van der Waals surface area contributed by atoms with Crippen molar-refractivity contribution in [2.45, 2.75) is 30.3 Å². The molecule has 0 bridgehead atoms. The van der Waals surface area contributed by atoms with Gasteiger partial charge in [0.25, 0.3) is 0 Å². The Morgan fingerprint density at radius 1 is 1.11 bits per heavy atom. The van der Waals surface area contributed by atoms with Gasteiger partial charge in [0.05, 0.1) is 4.90 Å². The second-order valence-electron chi connectivity index (χ2n) is 6.95. The lowest BCUT2D eigenvalue weighted by molar-refractivity contribution is 0.183. The molecular formula is C20H25N3O3S. The van der Waals surface area contributed by atoms with Crippen LogP contribution in [0.25, 0.3) is 0 Å². The second-order valence-corrected chi connectivity index (χ2v) is 8.97. The number of piperidine rings is 1. The number of nitrogens with one attached hydrogen (secondary N) is 2. The van der Waals surface area contributed by atoms with Crippen molar-refractivity contribution in [1.82, 2.24) is 10.2 Å². The third-order valence-electron chi connectivity index (χ3n) is 4.63. The molecule has 0 aliphatic carbocycles. The molecule has 1 atom stereocenters. The van der Waals surface area contributed by atoms with Gasteiger partial charge in [-0.3, -0.25) is 4.90 Å². The fourth-order valence-corrected chi connectivity index (χ4v) is 3.93. The summed E-state index contributed by atoms with van der Waals surface area (Å²) >= 11 is 0. The molecule has 1 saturated heterocycles. The SMILES string of the molecule is CS(=O)(=O)c1ccc(NC(=O)NC2CCCN(Cc3ccccc3)C2)cc1. The van der Waals surface area contributed by atoms with Crippen LogP contribution in [-0.2, 0) is 16.4 Å². The van der Waals surface area contributed by atoms with E-state index in [-0.39, 0.29) is 17.0 Å². The van der Waals surface area contributed by atoms with Crippen molar-refractivity contribution >= 4 is 21.6 Å². The Bertz CT molecular complexity index is 867. The summed E-state index contributed by atoms with van der Waals surface area (Å²) in [5.41, 5.74) is 1.84. The number of likely N-dealkylation sites (tertiary alicyclic amines) is 1. The molecule has 1 unspecified atom stereocenters. The quantitative estimate of drug-likeness (QED) is 0.827. The third-order valence-corrected chi connectivity index (χ3v) is 5.76. The van der Waals surface area contributed by atoms with Gasteiger partial charge in [-0.2, -0.15) is 0 Å². The van der Waals surface area contributed by atoms with Crippen LogP contribution in [0.15, 0.2) is 59.5 Å². The van der Waals surface area contributed by atoms with Crippen LogP contribution in [0.3, 0.4) is 0 Å². The first-order valence-corrected chi connectivity index (χ1v) is 10.9. The molecule has 6 nitrogen and oxygen atoms in total. The molecule has 2 amide bonds. The number of urea groups is 1. The summed E-state index contributed by atoms with van der Waals surface area (Å²) in [6, 6.07) is 16.3. The Labute approximate surface area is 160 Å². The van der Waals surface area contributed by atoms with Gasteiger partial charge in [-0.15, -0.1) is 0 Å². The maximum Gasteiger partial charge on any atom is 0.319 e. The molecule has 0 aromatic heterocycles. The summed E-state index contributed by atoms with van der Waals surface area (Å²) < 4.78 is 23.0. The topological polar surface area (TPSA) is 78.5 Å². The molecule has 2 aromatic rings. The van der Waals surface area contributed by atoms with E-state index in [1.807, 2.05) is 18.2 Å². The molecule has 144 valence electrons. The van der Waals surface area contributed by atoms with E-state index in [4.69, 9.17) is 0 Å². The number of benzene rings is 2. The average molecular weight is 388 g/mol. The van der Waals surface area contributed by atoms with Gasteiger partial charge < -0.3 is 10.6 Å². The van der Waals surface area contributed by atoms with Gasteiger partial charge in [-0.05, 0) is 49.2 Å². The molecule has 7 heteroatoms. The largest absolute Gasteiger partial charge is 0.334 e. The van der Waals surface area contributed by atoms with Crippen LogP contribution < -0.4 is 10.6 Å². The van der Waals surface area contributed by atoms with E-state index in [9.17, 15) is 13.2 Å². The lowest BCUT2D eigenvalue weighted by atomic mass is 10.0. The minimum absolute atomic E-state index is 0.0951. The molecular weight excluding hydrogens is 362 g/mol. The van der Waals surface area contributed by atoms with Crippen LogP contribution in [0.2, 0.25) is 0 Å². The predicted octanol–water partition coefficient (Wildman–Crippen LogP) is 2.88. The fourth-order valence-electron chi connectivity index (χ4n) is 3.30. The van der Waals surface area contributed by atoms with Gasteiger partial charge in [0.15, 0.2) is 9.84 Å². The van der Waals surface area contributed by atoms with Gasteiger partial charge in [-0.1, -0.05) is 30.3 Å². The van der Waals surface area contributed by atoms with Gasteiger partial charge >= 0.3 is 6.03 Å². The smallest absolute Gasteiger partial charge is 0.319 e. The Morgan fingerprint density at radius 3 is 2.48 bits per heavy atom. The normalized spacial score (nSPS) is 18.0. The van der Waals surface area contributed by atoms with Crippen molar-refractivity contribution < 1.29 is 13.2 Å². The van der Waals surface area contributed by atoms with Gasteiger partial charge in [0, 0.05) is 31.1 Å². The molecule has 1 aliphatic heterocycles. The molecule has 0 saturated carbocycles. The highest BCUT2D eigenvalue weighted by Crippen LogP contribution is 2.16. The van der Waals surface area contributed by atoms with Gasteiger partial charge in [-0.25, -0.2) is 13.2 Å². The minimum Gasteiger partial charge on any atom is -0.334 e. The standard InChI is InChI=1S/C20H25N3O3S/c1-27(25,26)19-11-9-17(10-12-19)21-20(24)22-18-8-5-13-23(15-18)14-16-6-3-2-4-7-16/h2-4,6-7,9-12,18H,5,8,13-15H2,1H3,(H2,21,22,24). The molecule has 0 radical (unpaired) electrons. The predicted molar refractivity (Wildman–Crippen MR) is 106 cm³/mol. The molecule has 3 rings (SSSR count). The summed E-state index contributed by atoms with van der Waals surface area (Å²) in [5, 5.41) is 5.79. The molecule has 1 heterocycles. The van der Waals surface area contributed by atoms with Crippen molar-refractivity contribution in [2.75, 3.05) is 24.7 Å². The summed E-state index contributed by atoms with van der Waals surface area (Å²) in [4.78, 5) is 14.9. The van der Waals surface area contributed by atoms with Crippen LogP contribution in [0.4, 0.5) is 10.5 Å². The average Bonchev–Trinajstić information content (AvgIpc) is 2.62. The lowest BCUT2D eigenvalue weighted by Crippen LogP contribution is -2.48. The first-order chi connectivity index (χ1) is 12.9. The van der Waals surface area contributed by atoms with E-state index in [0.29, 0.717) is 5.69 Å². The first-order valence-electron chi connectivity index (χ1n) is 9.04. The number of amides is 2. The minimum atomic E-state index is -3.24. The maximum atomic E-state index is 12.3. The number of hydrogen-bond donors (Lipinski definition) is 2. The molecule has 0 spiro atoms. The van der Waals surface area contributed by atoms with E-state index in [1.54, 1.807) is 12.1 Å². The zero-order chi connectivity index (χ0) is 19.3. The van der Waals surface area contributed by atoms with Crippen molar-refractivity contribution in [3.05, 3.63) is 60.2 Å². The number of carbonyl (C=O) groups excluding carboxylic acids is 1. The van der Waals surface area contributed by atoms with Crippen molar-refractivity contribution in [2.24, 2.45) is 0 Å². The Hall–Kier alpha value is -2.38. The van der Waals surface area contributed by atoms with Gasteiger partial charge in [0.1, 0.15) is 0 Å². The summed E-state index contributed by atoms with van der Waals surface area (Å²) in [6.07, 6.45) is 3.15. The highest BCUT2D eigenvalue weighted by molar-refractivity contribution is 7.90. The number of carbonyl (C=O) groups is 1. The van der Waals surface area contributed by atoms with Crippen LogP contribution >= 0.6 is 0 Å². The third kappa shape index (κ3) is 5.80. The number of anilines is 1. The highest BCUT2D eigenvalue weighted by Gasteiger charge is 2.21. The number of nitrogens with zero attached hydrogens (tertiary/aromatic N) is 1. The maximum absolute atomic E-state index is 12.3. The molecule has 1 aliphatic rings. The number of sulfone groups is 1. The van der Waals surface area contributed by atoms with E-state index in [2.05, 4.69) is 27.7 Å². The van der Waals surface area contributed by atoms with E-state index in [0.717, 1.165) is 38.7 Å². The molecule has 1 fully saturated rings. The zero-order valence-electron chi connectivity index (χ0n) is 15.4. The number of rotatable bonds is 5. The zero-order valence-corrected chi connectivity index (χ0v) is 16.2. The molecule has 27 heavy (non-hydrogen) atoms. The fraction of sp³-hybridized carbons (Fsp3) is 0.350. The monoisotopic (exact) mass is 387 g/mol. The molecule has 2 aromatic carbocycles. The Balaban J connectivity index is 1.51. The summed E-state index contributed by atoms with van der Waals surface area (Å²) in [5.74, 6) is 0. The van der Waals surface area contributed by atoms with Crippen molar-refractivity contribution in [3.63, 3.8) is 0 Å². The van der Waals surface area contributed by atoms with E-state index >= 15 is 0 Å². The van der Waals surface area contributed by atoms with Gasteiger partial charge in [0.2, 0.25) is 0 Å². The van der Waals surface area contributed by atoms with Crippen LogP contribution in [0.5, 0.6) is 0 Å². The Morgan fingerprint density at radius 2 is 1.81 bits per heavy atom. The first kappa shape index (κ1) is 19.4. The molecule has 2 N–H and O–H groups in total. The van der Waals surface area contributed by atoms with Crippen LogP contribution in [0.1, 0.15) is 18.4 Å². The highest BCUT2D eigenvalue weighted by atomic mass is 32.2. The Kier molecular flexibility index (Phi) is 6.13. The van der Waals surface area contributed by atoms with Crippen molar-refractivity contribution in [1.29, 1.82) is 0 Å². The van der Waals surface area contributed by atoms with Crippen LogP contribution in [0, 0.1) is 0 Å². The number of hydrogen-bond acceptors (Lipinski definition) is 4. The van der Waals surface area contributed by atoms with E-state index < -0.39 is 9.84 Å². The lowest BCUT2D eigenvalue weighted by Gasteiger charge is -2.33. The summed E-state index contributed by atoms with van der Waals surface area (Å²) in [6.45, 7) is 2.73. The summed E-state index contributed by atoms with van der Waals surface area (Å²) in [7, 11) is -3.24. The second kappa shape index (κ2) is 8.54. The van der Waals surface area contributed by atoms with Crippen molar-refractivity contribution in [3.8, 4) is 0 Å².